The van der Waals surface area contributed by atoms with Gasteiger partial charge in [-0.3, -0.25) is 4.79 Å². The molecular formula is C19H20N2O2S. The van der Waals surface area contributed by atoms with Gasteiger partial charge in [0, 0.05) is 17.7 Å². The molecular weight excluding hydrogens is 320 g/mol. The third-order valence-electron chi connectivity index (χ3n) is 4.46. The summed E-state index contributed by atoms with van der Waals surface area (Å²) in [6.45, 7) is 4.08. The monoisotopic (exact) mass is 340 g/mol. The van der Waals surface area contributed by atoms with Gasteiger partial charge in [0.05, 0.1) is 16.8 Å². The summed E-state index contributed by atoms with van der Waals surface area (Å²) in [7, 11) is 0. The first-order valence-electron chi connectivity index (χ1n) is 7.83. The van der Waals surface area contributed by atoms with E-state index in [1.165, 1.54) is 0 Å². The fourth-order valence-corrected chi connectivity index (χ4v) is 3.68. The molecule has 3 rings (SSSR count). The molecule has 2 N–H and O–H groups in total. The van der Waals surface area contributed by atoms with Crippen LogP contribution in [0, 0.1) is 16.7 Å². The number of carbonyl (C=O) groups excluding carboxylic acids is 1. The van der Waals surface area contributed by atoms with Crippen molar-refractivity contribution in [1.82, 2.24) is 0 Å². The number of hydrogen-bond acceptors (Lipinski definition) is 5. The number of rotatable bonds is 2. The Morgan fingerprint density at radius 1 is 1.29 bits per heavy atom. The highest BCUT2D eigenvalue weighted by molar-refractivity contribution is 7.98. The smallest absolute Gasteiger partial charge is 0.168 e. The highest BCUT2D eigenvalue weighted by Gasteiger charge is 2.41. The zero-order chi connectivity index (χ0) is 17.5. The highest BCUT2D eigenvalue weighted by Crippen LogP contribution is 2.45. The van der Waals surface area contributed by atoms with Crippen molar-refractivity contribution >= 4 is 17.5 Å². The van der Waals surface area contributed by atoms with Crippen LogP contribution in [0.4, 0.5) is 0 Å². The SMILES string of the molecule is CSc1ccc(C2OC3=C(C(=O)CC(C)(C)C3)C(N)=C2C#N)cc1. The third-order valence-corrected chi connectivity index (χ3v) is 5.20. The van der Waals surface area contributed by atoms with E-state index in [9.17, 15) is 10.1 Å². The molecule has 1 aromatic carbocycles. The molecule has 1 aliphatic heterocycles. The summed E-state index contributed by atoms with van der Waals surface area (Å²) < 4.78 is 6.12. The quantitative estimate of drug-likeness (QED) is 0.827. The first-order chi connectivity index (χ1) is 11.4. The predicted octanol–water partition coefficient (Wildman–Crippen LogP) is 3.86. The maximum Gasteiger partial charge on any atom is 0.168 e. The molecule has 1 atom stereocenters. The normalized spacial score (nSPS) is 22.8. The minimum absolute atomic E-state index is 0.0392. The van der Waals surface area contributed by atoms with Gasteiger partial charge in [0.2, 0.25) is 0 Å². The third kappa shape index (κ3) is 2.83. The number of nitrogens with two attached hydrogens (primary N) is 1. The molecule has 0 amide bonds. The average molecular weight is 340 g/mol. The molecule has 0 saturated carbocycles. The molecule has 0 fully saturated rings. The van der Waals surface area contributed by atoms with Gasteiger partial charge >= 0.3 is 0 Å². The zero-order valence-electron chi connectivity index (χ0n) is 14.1. The molecule has 1 heterocycles. The maximum atomic E-state index is 12.5. The highest BCUT2D eigenvalue weighted by atomic mass is 32.2. The molecule has 124 valence electrons. The number of hydrogen-bond donors (Lipinski definition) is 1. The lowest BCUT2D eigenvalue weighted by Crippen LogP contribution is -2.33. The number of nitriles is 1. The summed E-state index contributed by atoms with van der Waals surface area (Å²) in [5.74, 6) is 0.578. The van der Waals surface area contributed by atoms with Crippen LogP contribution in [0.2, 0.25) is 0 Å². The van der Waals surface area contributed by atoms with Gasteiger partial charge in [-0.1, -0.05) is 26.0 Å². The second kappa shape index (κ2) is 6.03. The Bertz CT molecular complexity index is 798. The molecule has 0 bridgehead atoms. The largest absolute Gasteiger partial charge is 0.484 e. The fourth-order valence-electron chi connectivity index (χ4n) is 3.27. The molecule has 4 nitrogen and oxygen atoms in total. The van der Waals surface area contributed by atoms with Crippen molar-refractivity contribution in [2.45, 2.75) is 37.7 Å². The van der Waals surface area contributed by atoms with Gasteiger partial charge in [-0.2, -0.15) is 5.26 Å². The zero-order valence-corrected chi connectivity index (χ0v) is 14.9. The van der Waals surface area contributed by atoms with Gasteiger partial charge in [-0.25, -0.2) is 0 Å². The molecule has 0 saturated heterocycles. The van der Waals surface area contributed by atoms with E-state index in [4.69, 9.17) is 10.5 Å². The topological polar surface area (TPSA) is 76.1 Å². The first-order valence-corrected chi connectivity index (χ1v) is 9.06. The fraction of sp³-hybridized carbons (Fsp3) is 0.368. The van der Waals surface area contributed by atoms with E-state index in [-0.39, 0.29) is 16.9 Å². The standard InChI is InChI=1S/C19H20N2O2S/c1-19(2)8-14(22)16-15(9-19)23-18(13(10-20)17(16)21)11-4-6-12(24-3)7-5-11/h4-7,18H,8-9,21H2,1-3H3. The van der Waals surface area contributed by atoms with Crippen LogP contribution in [-0.4, -0.2) is 12.0 Å². The first kappa shape index (κ1) is 16.7. The lowest BCUT2D eigenvalue weighted by Gasteiger charge is -2.37. The molecule has 1 aromatic rings. The van der Waals surface area contributed by atoms with Gasteiger partial charge in [-0.05, 0) is 29.4 Å². The summed E-state index contributed by atoms with van der Waals surface area (Å²) in [5, 5.41) is 9.57. The molecule has 24 heavy (non-hydrogen) atoms. The van der Waals surface area contributed by atoms with E-state index >= 15 is 0 Å². The van der Waals surface area contributed by atoms with Crippen molar-refractivity contribution in [3.8, 4) is 6.07 Å². The van der Waals surface area contributed by atoms with Gasteiger partial charge in [0.15, 0.2) is 11.9 Å². The number of ether oxygens (including phenoxy) is 1. The van der Waals surface area contributed by atoms with Gasteiger partial charge in [0.25, 0.3) is 0 Å². The Hall–Kier alpha value is -2.19. The van der Waals surface area contributed by atoms with E-state index < -0.39 is 6.10 Å². The Balaban J connectivity index is 2.06. The number of allylic oxidation sites excluding steroid dienone is 2. The van der Waals surface area contributed by atoms with Crippen molar-refractivity contribution in [2.24, 2.45) is 11.1 Å². The van der Waals surface area contributed by atoms with Crippen molar-refractivity contribution in [2.75, 3.05) is 6.26 Å². The van der Waals surface area contributed by atoms with Crippen LogP contribution >= 0.6 is 11.8 Å². The van der Waals surface area contributed by atoms with Crippen molar-refractivity contribution in [3.05, 3.63) is 52.4 Å². The number of Topliss-reactive ketones (excluding diaryl/α,β-unsaturated/α-hetero) is 1. The van der Waals surface area contributed by atoms with Gasteiger partial charge in [0.1, 0.15) is 11.8 Å². The van der Waals surface area contributed by atoms with Crippen LogP contribution in [0.25, 0.3) is 0 Å². The summed E-state index contributed by atoms with van der Waals surface area (Å²) in [5.41, 5.74) is 7.91. The lowest BCUT2D eigenvalue weighted by atomic mass is 9.74. The molecule has 0 aromatic heterocycles. The number of nitrogens with zero attached hydrogens (tertiary/aromatic N) is 1. The minimum atomic E-state index is -0.550. The van der Waals surface area contributed by atoms with Crippen LogP contribution in [0.3, 0.4) is 0 Å². The average Bonchev–Trinajstić information content (AvgIpc) is 2.53. The van der Waals surface area contributed by atoms with Crippen molar-refractivity contribution < 1.29 is 9.53 Å². The Morgan fingerprint density at radius 2 is 1.96 bits per heavy atom. The van der Waals surface area contributed by atoms with Crippen LogP contribution in [0.15, 0.2) is 51.8 Å². The van der Waals surface area contributed by atoms with Crippen molar-refractivity contribution in [3.63, 3.8) is 0 Å². The number of thioether (sulfide) groups is 1. The van der Waals surface area contributed by atoms with Crippen LogP contribution < -0.4 is 5.73 Å². The van der Waals surface area contributed by atoms with E-state index in [0.29, 0.717) is 29.7 Å². The molecule has 0 spiro atoms. The van der Waals surface area contributed by atoms with Gasteiger partial charge < -0.3 is 10.5 Å². The number of carbonyl (C=O) groups is 1. The predicted molar refractivity (Wildman–Crippen MR) is 93.9 cm³/mol. The van der Waals surface area contributed by atoms with E-state index in [1.807, 2.05) is 44.4 Å². The molecule has 1 unspecified atom stereocenters. The van der Waals surface area contributed by atoms with E-state index in [0.717, 1.165) is 10.5 Å². The number of ketones is 1. The second-order valence-electron chi connectivity index (χ2n) is 6.95. The summed E-state index contributed by atoms with van der Waals surface area (Å²) in [6, 6.07) is 10.0. The maximum absolute atomic E-state index is 12.5. The number of benzene rings is 1. The van der Waals surface area contributed by atoms with Crippen LogP contribution in [0.1, 0.15) is 38.4 Å². The molecule has 1 aliphatic carbocycles. The lowest BCUT2D eigenvalue weighted by molar-refractivity contribution is -0.118. The molecule has 0 radical (unpaired) electrons. The van der Waals surface area contributed by atoms with Crippen molar-refractivity contribution in [1.29, 1.82) is 5.26 Å². The summed E-state index contributed by atoms with van der Waals surface area (Å²) in [6.07, 6.45) is 2.53. The van der Waals surface area contributed by atoms with E-state index in [2.05, 4.69) is 6.07 Å². The van der Waals surface area contributed by atoms with Crippen LogP contribution in [-0.2, 0) is 9.53 Å². The molecule has 2 aliphatic rings. The van der Waals surface area contributed by atoms with E-state index in [1.54, 1.807) is 11.8 Å². The Morgan fingerprint density at radius 3 is 2.54 bits per heavy atom. The van der Waals surface area contributed by atoms with Crippen LogP contribution in [0.5, 0.6) is 0 Å². The summed E-state index contributed by atoms with van der Waals surface area (Å²) >= 11 is 1.65. The van der Waals surface area contributed by atoms with Gasteiger partial charge in [-0.15, -0.1) is 11.8 Å². The second-order valence-corrected chi connectivity index (χ2v) is 7.83. The minimum Gasteiger partial charge on any atom is -0.484 e. The molecule has 5 heteroatoms. The summed E-state index contributed by atoms with van der Waals surface area (Å²) in [4.78, 5) is 13.6. The Kier molecular flexibility index (Phi) is 4.18. The Labute approximate surface area is 146 Å².